The summed E-state index contributed by atoms with van der Waals surface area (Å²) in [5.74, 6) is -1.89. The second-order valence-electron chi connectivity index (χ2n) is 2.04. The van der Waals surface area contributed by atoms with Crippen molar-refractivity contribution in [2.75, 3.05) is 0 Å². The Balaban J connectivity index is 2.56. The summed E-state index contributed by atoms with van der Waals surface area (Å²) in [5, 5.41) is 11.5. The molecule has 1 aliphatic rings. The molecule has 1 amide bonds. The van der Waals surface area contributed by atoms with Crippen molar-refractivity contribution < 1.29 is 19.5 Å². The quantitative estimate of drug-likeness (QED) is 0.521. The van der Waals surface area contributed by atoms with E-state index in [9.17, 15) is 9.59 Å². The number of oxime groups is 1. The number of carboxylic acid groups (broad SMARTS) is 1. The van der Waals surface area contributed by atoms with E-state index in [0.29, 0.717) is 0 Å². The second-order valence-corrected chi connectivity index (χ2v) is 2.04. The predicted octanol–water partition coefficient (Wildman–Crippen LogP) is -1.30. The number of primary amides is 1. The summed E-state index contributed by atoms with van der Waals surface area (Å²) in [7, 11) is 0. The molecular formula is C5H6N2O4. The SMILES string of the molecule is NC(=O)C1CC(C(=O)O)=NO1. The summed E-state index contributed by atoms with van der Waals surface area (Å²) in [6, 6.07) is 0. The topological polar surface area (TPSA) is 102 Å². The van der Waals surface area contributed by atoms with Gasteiger partial charge in [-0.2, -0.15) is 0 Å². The third kappa shape index (κ3) is 1.46. The minimum atomic E-state index is -1.19. The smallest absolute Gasteiger partial charge is 0.353 e. The zero-order valence-corrected chi connectivity index (χ0v) is 5.48. The highest BCUT2D eigenvalue weighted by Crippen LogP contribution is 2.09. The van der Waals surface area contributed by atoms with Crippen LogP contribution in [-0.4, -0.2) is 28.8 Å². The first kappa shape index (κ1) is 7.52. The number of hydrogen-bond acceptors (Lipinski definition) is 4. The summed E-state index contributed by atoms with van der Waals surface area (Å²) < 4.78 is 0. The summed E-state index contributed by atoms with van der Waals surface area (Å²) >= 11 is 0. The van der Waals surface area contributed by atoms with Gasteiger partial charge in [-0.15, -0.1) is 0 Å². The maximum Gasteiger partial charge on any atom is 0.353 e. The number of carbonyl (C=O) groups excluding carboxylic acids is 1. The number of nitrogens with two attached hydrogens (primary N) is 1. The van der Waals surface area contributed by atoms with Gasteiger partial charge in [0.05, 0.1) is 0 Å². The van der Waals surface area contributed by atoms with Gasteiger partial charge in [0.25, 0.3) is 5.91 Å². The van der Waals surface area contributed by atoms with Crippen LogP contribution in [0.1, 0.15) is 6.42 Å². The summed E-state index contributed by atoms with van der Waals surface area (Å²) in [5.41, 5.74) is 4.66. The number of hydrogen-bond donors (Lipinski definition) is 2. The fourth-order valence-electron chi connectivity index (χ4n) is 0.656. The summed E-state index contributed by atoms with van der Waals surface area (Å²) in [4.78, 5) is 25.0. The van der Waals surface area contributed by atoms with Crippen molar-refractivity contribution in [2.45, 2.75) is 12.5 Å². The molecule has 0 saturated carbocycles. The Morgan fingerprint density at radius 1 is 1.73 bits per heavy atom. The van der Waals surface area contributed by atoms with Crippen molar-refractivity contribution in [2.24, 2.45) is 10.9 Å². The van der Waals surface area contributed by atoms with E-state index in [-0.39, 0.29) is 12.1 Å². The number of amides is 1. The van der Waals surface area contributed by atoms with Crippen LogP contribution in [0.5, 0.6) is 0 Å². The lowest BCUT2D eigenvalue weighted by atomic mass is 10.2. The second kappa shape index (κ2) is 2.57. The lowest BCUT2D eigenvalue weighted by molar-refractivity contribution is -0.129. The van der Waals surface area contributed by atoms with Crippen LogP contribution in [-0.2, 0) is 14.4 Å². The molecule has 0 saturated heterocycles. The zero-order chi connectivity index (χ0) is 8.43. The van der Waals surface area contributed by atoms with Gasteiger partial charge in [0, 0.05) is 6.42 Å². The van der Waals surface area contributed by atoms with Crippen LogP contribution < -0.4 is 5.73 Å². The largest absolute Gasteiger partial charge is 0.477 e. The molecule has 0 aromatic carbocycles. The van der Waals surface area contributed by atoms with Gasteiger partial charge in [0.15, 0.2) is 5.71 Å². The normalized spacial score (nSPS) is 22.2. The molecule has 6 heteroatoms. The first-order chi connectivity index (χ1) is 5.11. The van der Waals surface area contributed by atoms with Crippen LogP contribution >= 0.6 is 0 Å². The lowest BCUT2D eigenvalue weighted by Gasteiger charge is -1.99. The molecule has 11 heavy (non-hydrogen) atoms. The molecule has 1 aliphatic heterocycles. The van der Waals surface area contributed by atoms with E-state index in [0.717, 1.165) is 0 Å². The predicted molar refractivity (Wildman–Crippen MR) is 33.8 cm³/mol. The molecule has 0 aliphatic carbocycles. The molecule has 0 radical (unpaired) electrons. The highest BCUT2D eigenvalue weighted by molar-refractivity contribution is 6.36. The van der Waals surface area contributed by atoms with E-state index in [4.69, 9.17) is 10.8 Å². The van der Waals surface area contributed by atoms with Crippen LogP contribution in [0, 0.1) is 0 Å². The van der Waals surface area contributed by atoms with Gasteiger partial charge in [-0.1, -0.05) is 5.16 Å². The van der Waals surface area contributed by atoms with Crippen molar-refractivity contribution in [3.63, 3.8) is 0 Å². The molecule has 1 rings (SSSR count). The van der Waals surface area contributed by atoms with Gasteiger partial charge in [-0.25, -0.2) is 4.79 Å². The molecule has 0 aromatic rings. The molecule has 0 bridgehead atoms. The Morgan fingerprint density at radius 3 is 2.64 bits per heavy atom. The first-order valence-corrected chi connectivity index (χ1v) is 2.86. The van der Waals surface area contributed by atoms with Crippen molar-refractivity contribution >= 4 is 17.6 Å². The van der Waals surface area contributed by atoms with Crippen LogP contribution in [0.4, 0.5) is 0 Å². The Labute approximate surface area is 61.6 Å². The standard InChI is InChI=1S/C5H6N2O4/c6-4(8)3-1-2(5(9)10)7-11-3/h3H,1H2,(H2,6,8)(H,9,10). The van der Waals surface area contributed by atoms with Crippen LogP contribution in [0.25, 0.3) is 0 Å². The van der Waals surface area contributed by atoms with Crippen molar-refractivity contribution in [1.29, 1.82) is 0 Å². The fourth-order valence-corrected chi connectivity index (χ4v) is 0.656. The number of carbonyl (C=O) groups is 2. The van der Waals surface area contributed by atoms with E-state index in [1.807, 2.05) is 0 Å². The molecule has 60 valence electrons. The maximum absolute atomic E-state index is 10.4. The average Bonchev–Trinajstić information content (AvgIpc) is 2.33. The third-order valence-corrected chi connectivity index (χ3v) is 1.23. The number of aliphatic carboxylic acids is 1. The van der Waals surface area contributed by atoms with Crippen molar-refractivity contribution in [1.82, 2.24) is 0 Å². The van der Waals surface area contributed by atoms with E-state index < -0.39 is 18.0 Å². The molecule has 6 nitrogen and oxygen atoms in total. The van der Waals surface area contributed by atoms with E-state index in [1.54, 1.807) is 0 Å². The van der Waals surface area contributed by atoms with Crippen molar-refractivity contribution in [3.05, 3.63) is 0 Å². The summed E-state index contributed by atoms with van der Waals surface area (Å²) in [6.45, 7) is 0. The molecule has 0 spiro atoms. The van der Waals surface area contributed by atoms with Crippen LogP contribution in [0.15, 0.2) is 5.16 Å². The maximum atomic E-state index is 10.4. The molecular weight excluding hydrogens is 152 g/mol. The van der Waals surface area contributed by atoms with Gasteiger partial charge in [0.2, 0.25) is 6.10 Å². The molecule has 0 fully saturated rings. The van der Waals surface area contributed by atoms with Gasteiger partial charge < -0.3 is 15.7 Å². The minimum absolute atomic E-state index is 0.0509. The first-order valence-electron chi connectivity index (χ1n) is 2.86. The average molecular weight is 158 g/mol. The monoisotopic (exact) mass is 158 g/mol. The Kier molecular flexibility index (Phi) is 1.75. The van der Waals surface area contributed by atoms with Gasteiger partial charge in [0.1, 0.15) is 0 Å². The van der Waals surface area contributed by atoms with Gasteiger partial charge >= 0.3 is 5.97 Å². The molecule has 3 N–H and O–H groups in total. The van der Waals surface area contributed by atoms with Crippen LogP contribution in [0.3, 0.4) is 0 Å². The van der Waals surface area contributed by atoms with E-state index in [1.165, 1.54) is 0 Å². The zero-order valence-electron chi connectivity index (χ0n) is 5.48. The molecule has 0 aromatic heterocycles. The van der Waals surface area contributed by atoms with Crippen LogP contribution in [0.2, 0.25) is 0 Å². The highest BCUT2D eigenvalue weighted by atomic mass is 16.6. The Bertz CT molecular complexity index is 235. The molecule has 1 atom stereocenters. The number of nitrogens with zero attached hydrogens (tertiary/aromatic N) is 1. The number of carboxylic acids is 1. The van der Waals surface area contributed by atoms with Crippen molar-refractivity contribution in [3.8, 4) is 0 Å². The third-order valence-electron chi connectivity index (χ3n) is 1.23. The number of rotatable bonds is 2. The van der Waals surface area contributed by atoms with E-state index in [2.05, 4.69) is 9.99 Å². The summed E-state index contributed by atoms with van der Waals surface area (Å²) in [6.07, 6.45) is -0.967. The Morgan fingerprint density at radius 2 is 2.36 bits per heavy atom. The Hall–Kier alpha value is -1.59. The molecule has 1 heterocycles. The fraction of sp³-hybridized carbons (Fsp3) is 0.400. The molecule has 1 unspecified atom stereocenters. The minimum Gasteiger partial charge on any atom is -0.477 e. The lowest BCUT2D eigenvalue weighted by Crippen LogP contribution is -2.29. The van der Waals surface area contributed by atoms with E-state index >= 15 is 0 Å². The van der Waals surface area contributed by atoms with Gasteiger partial charge in [-0.3, -0.25) is 4.79 Å². The van der Waals surface area contributed by atoms with Gasteiger partial charge in [-0.05, 0) is 0 Å². The highest BCUT2D eigenvalue weighted by Gasteiger charge is 2.29.